The normalized spacial score (nSPS) is 11.5. The minimum absolute atomic E-state index is 1.00. The molecule has 0 bridgehead atoms. The molecule has 72 valence electrons. The lowest BCUT2D eigenvalue weighted by atomic mass is 10.2. The molecule has 0 aliphatic heterocycles. The van der Waals surface area contributed by atoms with Gasteiger partial charge >= 0.3 is 0 Å². The van der Waals surface area contributed by atoms with Gasteiger partial charge in [-0.05, 0) is 54.1 Å². The van der Waals surface area contributed by atoms with E-state index in [1.54, 1.807) is 0 Å². The minimum Gasteiger partial charge on any atom is -0.543 e. The summed E-state index contributed by atoms with van der Waals surface area (Å²) in [6.45, 7) is 8.63. The van der Waals surface area contributed by atoms with E-state index in [9.17, 15) is 0 Å². The largest absolute Gasteiger partial charge is 0.543 e. The monoisotopic (exact) mass is 258 g/mol. The van der Waals surface area contributed by atoms with E-state index in [1.165, 1.54) is 5.56 Å². The third kappa shape index (κ3) is 3.16. The topological polar surface area (TPSA) is 9.23 Å². The molecule has 0 atom stereocenters. The van der Waals surface area contributed by atoms with Crippen LogP contribution in [0, 0.1) is 6.92 Å². The van der Waals surface area contributed by atoms with Crippen molar-refractivity contribution >= 4 is 24.2 Å². The van der Waals surface area contributed by atoms with E-state index < -0.39 is 8.32 Å². The van der Waals surface area contributed by atoms with Crippen molar-refractivity contribution in [2.45, 2.75) is 26.6 Å². The highest BCUT2D eigenvalue weighted by Crippen LogP contribution is 2.30. The Hall–Kier alpha value is -0.283. The summed E-state index contributed by atoms with van der Waals surface area (Å²) in [5, 5.41) is 0. The number of halogens is 1. The van der Waals surface area contributed by atoms with Crippen LogP contribution in [0.25, 0.3) is 0 Å². The summed E-state index contributed by atoms with van der Waals surface area (Å²) in [5.74, 6) is 1.00. The summed E-state index contributed by atoms with van der Waals surface area (Å²) < 4.78 is 7.01. The second-order valence-electron chi connectivity index (χ2n) is 4.10. The quantitative estimate of drug-likeness (QED) is 0.730. The van der Waals surface area contributed by atoms with Crippen molar-refractivity contribution in [3.05, 3.63) is 28.2 Å². The Kier molecular flexibility index (Phi) is 3.19. The summed E-state index contributed by atoms with van der Waals surface area (Å²) in [6.07, 6.45) is 0. The second kappa shape index (κ2) is 3.84. The molecular formula is C10H15BrOSi. The van der Waals surface area contributed by atoms with Crippen molar-refractivity contribution in [2.75, 3.05) is 0 Å². The zero-order valence-electron chi connectivity index (χ0n) is 8.52. The average Bonchev–Trinajstić information content (AvgIpc) is 1.95. The number of hydrogen-bond donors (Lipinski definition) is 0. The molecule has 0 fully saturated rings. The van der Waals surface area contributed by atoms with Crippen molar-refractivity contribution in [3.8, 4) is 5.75 Å². The number of aryl methyl sites for hydroxylation is 1. The van der Waals surface area contributed by atoms with E-state index in [0.29, 0.717) is 0 Å². The van der Waals surface area contributed by atoms with Crippen molar-refractivity contribution in [1.29, 1.82) is 0 Å². The van der Waals surface area contributed by atoms with Crippen molar-refractivity contribution in [1.82, 2.24) is 0 Å². The van der Waals surface area contributed by atoms with Crippen LogP contribution in [-0.2, 0) is 0 Å². The Balaban J connectivity index is 3.00. The van der Waals surface area contributed by atoms with Gasteiger partial charge in [-0.15, -0.1) is 0 Å². The van der Waals surface area contributed by atoms with Gasteiger partial charge in [-0.3, -0.25) is 0 Å². The predicted molar refractivity (Wildman–Crippen MR) is 62.9 cm³/mol. The molecule has 1 aromatic rings. The third-order valence-electron chi connectivity index (χ3n) is 1.57. The highest BCUT2D eigenvalue weighted by Gasteiger charge is 2.18. The van der Waals surface area contributed by atoms with Gasteiger partial charge in [0.25, 0.3) is 0 Å². The molecule has 0 aromatic heterocycles. The van der Waals surface area contributed by atoms with Crippen molar-refractivity contribution in [2.24, 2.45) is 0 Å². The van der Waals surface area contributed by atoms with Gasteiger partial charge in [0.1, 0.15) is 5.75 Å². The molecule has 0 spiro atoms. The van der Waals surface area contributed by atoms with Gasteiger partial charge in [0.05, 0.1) is 4.47 Å². The standard InChI is InChI=1S/C10H15BrOSi/c1-8-6-5-7-9(11)10(8)12-13(2,3)4/h5-7H,1-4H3. The van der Waals surface area contributed by atoms with E-state index in [4.69, 9.17) is 4.43 Å². The van der Waals surface area contributed by atoms with Crippen LogP contribution in [0.5, 0.6) is 5.75 Å². The summed E-state index contributed by atoms with van der Waals surface area (Å²) in [6, 6.07) is 6.11. The molecule has 0 aliphatic carbocycles. The Labute approximate surface area is 89.4 Å². The molecule has 0 aliphatic rings. The Morgan fingerprint density at radius 1 is 1.23 bits per heavy atom. The molecule has 1 nitrogen and oxygen atoms in total. The fraction of sp³-hybridized carbons (Fsp3) is 0.400. The molecule has 0 heterocycles. The Bertz CT molecular complexity index is 284. The first-order chi connectivity index (χ1) is 5.90. The second-order valence-corrected chi connectivity index (χ2v) is 9.38. The summed E-state index contributed by atoms with van der Waals surface area (Å²) in [5.41, 5.74) is 1.19. The third-order valence-corrected chi connectivity index (χ3v) is 3.01. The smallest absolute Gasteiger partial charge is 0.242 e. The Morgan fingerprint density at radius 2 is 1.85 bits per heavy atom. The molecule has 13 heavy (non-hydrogen) atoms. The molecule has 1 aromatic carbocycles. The van der Waals surface area contributed by atoms with Gasteiger partial charge < -0.3 is 4.43 Å². The van der Waals surface area contributed by atoms with E-state index in [1.807, 2.05) is 12.1 Å². The molecule has 0 unspecified atom stereocenters. The van der Waals surface area contributed by atoms with E-state index in [2.05, 4.69) is 48.6 Å². The lowest BCUT2D eigenvalue weighted by molar-refractivity contribution is 0.549. The minimum atomic E-state index is -1.49. The average molecular weight is 259 g/mol. The van der Waals surface area contributed by atoms with Crippen molar-refractivity contribution in [3.63, 3.8) is 0 Å². The molecule has 0 N–H and O–H groups in total. The summed E-state index contributed by atoms with van der Waals surface area (Å²) in [7, 11) is -1.49. The van der Waals surface area contributed by atoms with Gasteiger partial charge in [0, 0.05) is 0 Å². The first-order valence-corrected chi connectivity index (χ1v) is 8.54. The SMILES string of the molecule is Cc1cccc(Br)c1O[Si](C)(C)C. The summed E-state index contributed by atoms with van der Waals surface area (Å²) in [4.78, 5) is 0. The van der Waals surface area contributed by atoms with Gasteiger partial charge in [0.15, 0.2) is 0 Å². The fourth-order valence-electron chi connectivity index (χ4n) is 1.05. The fourth-order valence-corrected chi connectivity index (χ4v) is 2.63. The highest BCUT2D eigenvalue weighted by atomic mass is 79.9. The molecular weight excluding hydrogens is 244 g/mol. The van der Waals surface area contributed by atoms with E-state index in [0.717, 1.165) is 10.2 Å². The molecule has 0 radical (unpaired) electrons. The van der Waals surface area contributed by atoms with Crippen LogP contribution in [0.1, 0.15) is 5.56 Å². The van der Waals surface area contributed by atoms with Gasteiger partial charge in [-0.2, -0.15) is 0 Å². The van der Waals surface area contributed by atoms with Crippen LogP contribution in [-0.4, -0.2) is 8.32 Å². The maximum absolute atomic E-state index is 5.96. The molecule has 3 heteroatoms. The molecule has 0 saturated heterocycles. The Morgan fingerprint density at radius 3 is 2.31 bits per heavy atom. The number of para-hydroxylation sites is 1. The van der Waals surface area contributed by atoms with E-state index in [-0.39, 0.29) is 0 Å². The lowest BCUT2D eigenvalue weighted by Crippen LogP contribution is -2.29. The van der Waals surface area contributed by atoms with Crippen LogP contribution in [0.3, 0.4) is 0 Å². The first-order valence-electron chi connectivity index (χ1n) is 4.34. The summed E-state index contributed by atoms with van der Waals surface area (Å²) >= 11 is 3.50. The molecule has 0 saturated carbocycles. The van der Waals surface area contributed by atoms with Crippen LogP contribution in [0.4, 0.5) is 0 Å². The number of rotatable bonds is 2. The maximum Gasteiger partial charge on any atom is 0.242 e. The lowest BCUT2D eigenvalue weighted by Gasteiger charge is -2.21. The van der Waals surface area contributed by atoms with Crippen LogP contribution < -0.4 is 4.43 Å². The number of hydrogen-bond acceptors (Lipinski definition) is 1. The highest BCUT2D eigenvalue weighted by molar-refractivity contribution is 9.10. The van der Waals surface area contributed by atoms with Crippen molar-refractivity contribution < 1.29 is 4.43 Å². The molecule has 0 amide bonds. The first kappa shape index (κ1) is 10.8. The van der Waals surface area contributed by atoms with Gasteiger partial charge in [0.2, 0.25) is 8.32 Å². The molecule has 1 rings (SSSR count). The van der Waals surface area contributed by atoms with Crippen LogP contribution in [0.2, 0.25) is 19.6 Å². The van der Waals surface area contributed by atoms with Crippen LogP contribution >= 0.6 is 15.9 Å². The van der Waals surface area contributed by atoms with Gasteiger partial charge in [-0.25, -0.2) is 0 Å². The zero-order valence-corrected chi connectivity index (χ0v) is 11.1. The van der Waals surface area contributed by atoms with Crippen LogP contribution in [0.15, 0.2) is 22.7 Å². The predicted octanol–water partition coefficient (Wildman–Crippen LogP) is 3.97. The van der Waals surface area contributed by atoms with E-state index >= 15 is 0 Å². The maximum atomic E-state index is 5.96. The zero-order chi connectivity index (χ0) is 10.1. The number of benzene rings is 1. The van der Waals surface area contributed by atoms with Gasteiger partial charge in [-0.1, -0.05) is 12.1 Å².